The summed E-state index contributed by atoms with van der Waals surface area (Å²) in [6.45, 7) is 4.93. The van der Waals surface area contributed by atoms with E-state index < -0.39 is 0 Å². The summed E-state index contributed by atoms with van der Waals surface area (Å²) in [5.74, 6) is 0.558. The van der Waals surface area contributed by atoms with Gasteiger partial charge in [0.1, 0.15) is 6.61 Å². The summed E-state index contributed by atoms with van der Waals surface area (Å²) in [5.41, 5.74) is 2.35. The van der Waals surface area contributed by atoms with E-state index in [1.54, 1.807) is 0 Å². The Morgan fingerprint density at radius 1 is 1.35 bits per heavy atom. The molecule has 0 radical (unpaired) electrons. The van der Waals surface area contributed by atoms with Crippen LogP contribution in [-0.2, 0) is 11.3 Å². The first-order chi connectivity index (χ1) is 11.3. The van der Waals surface area contributed by atoms with Crippen molar-refractivity contribution in [3.63, 3.8) is 0 Å². The predicted octanol–water partition coefficient (Wildman–Crippen LogP) is 4.48. The maximum Gasteiger partial charge on any atom is 0.410 e. The number of carbonyl (C=O) groups is 1. The third-order valence-electron chi connectivity index (χ3n) is 4.63. The standard InChI is InChI=1S/C20H23NO2/c1-2-8-19-18-12-7-6-11-17(18)13-14-21(19)20(22)23-15-16-9-4-3-5-10-16/h2-7,9-10,12,17,19H,1,8,11,13-15H2. The monoisotopic (exact) mass is 309 g/mol. The largest absolute Gasteiger partial charge is 0.445 e. The van der Waals surface area contributed by atoms with Gasteiger partial charge < -0.3 is 9.64 Å². The van der Waals surface area contributed by atoms with Gasteiger partial charge >= 0.3 is 6.09 Å². The van der Waals surface area contributed by atoms with Gasteiger partial charge in [0.05, 0.1) is 6.04 Å². The zero-order chi connectivity index (χ0) is 16.1. The summed E-state index contributed by atoms with van der Waals surface area (Å²) < 4.78 is 5.53. The summed E-state index contributed by atoms with van der Waals surface area (Å²) >= 11 is 0. The van der Waals surface area contributed by atoms with E-state index in [0.717, 1.165) is 31.4 Å². The van der Waals surface area contributed by atoms with Gasteiger partial charge in [-0.3, -0.25) is 0 Å². The van der Waals surface area contributed by atoms with E-state index in [1.165, 1.54) is 5.57 Å². The van der Waals surface area contributed by atoms with Crippen molar-refractivity contribution >= 4 is 6.09 Å². The molecule has 0 bridgehead atoms. The van der Waals surface area contributed by atoms with Crippen molar-refractivity contribution in [2.75, 3.05) is 6.54 Å². The van der Waals surface area contributed by atoms with Gasteiger partial charge in [-0.15, -0.1) is 6.58 Å². The Bertz CT molecular complexity index is 618. The Labute approximate surface area is 137 Å². The third kappa shape index (κ3) is 3.55. The number of rotatable bonds is 4. The molecular formula is C20H23NO2. The molecule has 1 aliphatic heterocycles. The Morgan fingerprint density at radius 2 is 2.17 bits per heavy atom. The molecular weight excluding hydrogens is 286 g/mol. The van der Waals surface area contributed by atoms with Crippen molar-refractivity contribution in [1.82, 2.24) is 4.90 Å². The average molecular weight is 309 g/mol. The molecule has 3 heteroatoms. The number of benzene rings is 1. The van der Waals surface area contributed by atoms with E-state index in [-0.39, 0.29) is 12.1 Å². The lowest BCUT2D eigenvalue weighted by Gasteiger charge is -2.41. The quantitative estimate of drug-likeness (QED) is 0.768. The van der Waals surface area contributed by atoms with Gasteiger partial charge in [0.15, 0.2) is 0 Å². The zero-order valence-corrected chi connectivity index (χ0v) is 13.4. The molecule has 1 aliphatic carbocycles. The molecule has 0 N–H and O–H groups in total. The minimum atomic E-state index is -0.227. The molecule has 1 heterocycles. The van der Waals surface area contributed by atoms with E-state index in [1.807, 2.05) is 41.3 Å². The molecule has 2 atom stereocenters. The van der Waals surface area contributed by atoms with Gasteiger partial charge in [-0.2, -0.15) is 0 Å². The van der Waals surface area contributed by atoms with Crippen LogP contribution in [0.5, 0.6) is 0 Å². The molecule has 1 aromatic carbocycles. The number of fused-ring (bicyclic) bond motifs is 1. The van der Waals surface area contributed by atoms with Crippen molar-refractivity contribution in [1.29, 1.82) is 0 Å². The molecule has 0 saturated carbocycles. The van der Waals surface area contributed by atoms with Crippen molar-refractivity contribution in [3.05, 3.63) is 72.4 Å². The summed E-state index contributed by atoms with van der Waals surface area (Å²) in [6.07, 6.45) is 11.0. The van der Waals surface area contributed by atoms with E-state index in [0.29, 0.717) is 12.5 Å². The predicted molar refractivity (Wildman–Crippen MR) is 91.9 cm³/mol. The van der Waals surface area contributed by atoms with Crippen LogP contribution in [0.1, 0.15) is 24.8 Å². The summed E-state index contributed by atoms with van der Waals surface area (Å²) in [6, 6.07) is 9.88. The van der Waals surface area contributed by atoms with Crippen molar-refractivity contribution in [2.45, 2.75) is 31.9 Å². The highest BCUT2D eigenvalue weighted by atomic mass is 16.6. The zero-order valence-electron chi connectivity index (χ0n) is 13.4. The lowest BCUT2D eigenvalue weighted by molar-refractivity contribution is 0.0743. The summed E-state index contributed by atoms with van der Waals surface area (Å²) in [4.78, 5) is 14.4. The minimum absolute atomic E-state index is 0.0828. The van der Waals surface area contributed by atoms with Crippen LogP contribution >= 0.6 is 0 Å². The first-order valence-electron chi connectivity index (χ1n) is 8.24. The average Bonchev–Trinajstić information content (AvgIpc) is 2.61. The van der Waals surface area contributed by atoms with Gasteiger partial charge in [-0.1, -0.05) is 54.6 Å². The van der Waals surface area contributed by atoms with E-state index in [4.69, 9.17) is 4.74 Å². The fourth-order valence-corrected chi connectivity index (χ4v) is 3.43. The molecule has 0 aromatic heterocycles. The number of hydrogen-bond acceptors (Lipinski definition) is 2. The smallest absolute Gasteiger partial charge is 0.410 e. The molecule has 0 spiro atoms. The highest BCUT2D eigenvalue weighted by molar-refractivity contribution is 5.69. The van der Waals surface area contributed by atoms with Gasteiger partial charge in [-0.05, 0) is 36.3 Å². The maximum atomic E-state index is 12.6. The summed E-state index contributed by atoms with van der Waals surface area (Å²) in [5, 5.41) is 0. The molecule has 1 fully saturated rings. The number of hydrogen-bond donors (Lipinski definition) is 0. The van der Waals surface area contributed by atoms with Crippen LogP contribution in [0.15, 0.2) is 66.8 Å². The third-order valence-corrected chi connectivity index (χ3v) is 4.63. The van der Waals surface area contributed by atoms with Crippen LogP contribution in [0.3, 0.4) is 0 Å². The first kappa shape index (κ1) is 15.6. The van der Waals surface area contributed by atoms with Crippen molar-refractivity contribution in [2.24, 2.45) is 5.92 Å². The van der Waals surface area contributed by atoms with Crippen LogP contribution < -0.4 is 0 Å². The lowest BCUT2D eigenvalue weighted by atomic mass is 9.79. The van der Waals surface area contributed by atoms with E-state index in [2.05, 4.69) is 24.8 Å². The SMILES string of the molecule is C=CCC1C2=CC=CCC2CCN1C(=O)OCc1ccccc1. The molecule has 2 unspecified atom stereocenters. The number of carbonyl (C=O) groups excluding carboxylic acids is 1. The fourth-order valence-electron chi connectivity index (χ4n) is 3.43. The molecule has 23 heavy (non-hydrogen) atoms. The summed E-state index contributed by atoms with van der Waals surface area (Å²) in [7, 11) is 0. The molecule has 3 nitrogen and oxygen atoms in total. The number of nitrogens with zero attached hydrogens (tertiary/aromatic N) is 1. The molecule has 1 aromatic rings. The van der Waals surface area contributed by atoms with Crippen LogP contribution in [-0.4, -0.2) is 23.6 Å². The Balaban J connectivity index is 1.69. The van der Waals surface area contributed by atoms with Crippen molar-refractivity contribution < 1.29 is 9.53 Å². The highest BCUT2D eigenvalue weighted by Crippen LogP contribution is 2.35. The van der Waals surface area contributed by atoms with Gasteiger partial charge in [0, 0.05) is 6.54 Å². The lowest BCUT2D eigenvalue weighted by Crippen LogP contribution is -2.48. The van der Waals surface area contributed by atoms with E-state index in [9.17, 15) is 4.79 Å². The fraction of sp³-hybridized carbons (Fsp3) is 0.350. The molecule has 3 rings (SSSR count). The molecule has 2 aliphatic rings. The Morgan fingerprint density at radius 3 is 2.96 bits per heavy atom. The minimum Gasteiger partial charge on any atom is -0.445 e. The highest BCUT2D eigenvalue weighted by Gasteiger charge is 2.35. The van der Waals surface area contributed by atoms with Crippen LogP contribution in [0.25, 0.3) is 0 Å². The number of allylic oxidation sites excluding steroid dienone is 3. The second kappa shape index (κ2) is 7.32. The normalized spacial score (nSPS) is 23.0. The first-order valence-corrected chi connectivity index (χ1v) is 8.24. The number of amides is 1. The van der Waals surface area contributed by atoms with Crippen LogP contribution in [0.4, 0.5) is 4.79 Å². The van der Waals surface area contributed by atoms with E-state index >= 15 is 0 Å². The van der Waals surface area contributed by atoms with Crippen LogP contribution in [0, 0.1) is 5.92 Å². The molecule has 120 valence electrons. The number of likely N-dealkylation sites (tertiary alicyclic amines) is 1. The molecule has 1 amide bonds. The van der Waals surface area contributed by atoms with Crippen LogP contribution in [0.2, 0.25) is 0 Å². The Kier molecular flexibility index (Phi) is 4.96. The maximum absolute atomic E-state index is 12.6. The van der Waals surface area contributed by atoms with Gasteiger partial charge in [-0.25, -0.2) is 4.79 Å². The van der Waals surface area contributed by atoms with Crippen molar-refractivity contribution in [3.8, 4) is 0 Å². The number of ether oxygens (including phenoxy) is 1. The number of piperidine rings is 1. The Hall–Kier alpha value is -2.29. The van der Waals surface area contributed by atoms with Gasteiger partial charge in [0.25, 0.3) is 0 Å². The van der Waals surface area contributed by atoms with Gasteiger partial charge in [0.2, 0.25) is 0 Å². The second-order valence-electron chi connectivity index (χ2n) is 6.09. The topological polar surface area (TPSA) is 29.5 Å². The second-order valence-corrected chi connectivity index (χ2v) is 6.09. The molecule has 1 saturated heterocycles.